The van der Waals surface area contributed by atoms with Crippen molar-refractivity contribution in [2.75, 3.05) is 6.61 Å². The average Bonchev–Trinajstić information content (AvgIpc) is 2.89. The predicted octanol–water partition coefficient (Wildman–Crippen LogP) is 3.33. The second kappa shape index (κ2) is 4.95. The Morgan fingerprint density at radius 1 is 1.60 bits per heavy atom. The fourth-order valence-electron chi connectivity index (χ4n) is 1.50. The highest BCUT2D eigenvalue weighted by atomic mass is 79.9. The molecule has 2 rings (SSSR count). The topological polar surface area (TPSA) is 35.2 Å². The van der Waals surface area contributed by atoms with E-state index in [2.05, 4.69) is 28.1 Å². The molecule has 0 amide bonds. The summed E-state index contributed by atoms with van der Waals surface area (Å²) in [4.78, 5) is 1.22. The molecular weight excluding hydrogens is 274 g/mol. The highest BCUT2D eigenvalue weighted by Crippen LogP contribution is 2.34. The van der Waals surface area contributed by atoms with Crippen LogP contribution in [-0.4, -0.2) is 12.6 Å². The van der Waals surface area contributed by atoms with Gasteiger partial charge in [-0.15, -0.1) is 11.3 Å². The van der Waals surface area contributed by atoms with Crippen LogP contribution in [0.25, 0.3) is 0 Å². The van der Waals surface area contributed by atoms with E-state index < -0.39 is 0 Å². The molecule has 0 aliphatic heterocycles. The van der Waals surface area contributed by atoms with Gasteiger partial charge in [-0.1, -0.05) is 0 Å². The molecule has 1 aliphatic carbocycles. The molecule has 2 nitrogen and oxygen atoms in total. The molecule has 1 saturated carbocycles. The van der Waals surface area contributed by atoms with Gasteiger partial charge in [0.05, 0.1) is 10.4 Å². The lowest BCUT2D eigenvalue weighted by Crippen LogP contribution is -2.26. The third-order valence-electron chi connectivity index (χ3n) is 2.56. The molecule has 0 aromatic carbocycles. The van der Waals surface area contributed by atoms with Gasteiger partial charge in [0.15, 0.2) is 0 Å². The van der Waals surface area contributed by atoms with Crippen molar-refractivity contribution in [1.29, 1.82) is 0 Å². The van der Waals surface area contributed by atoms with Crippen molar-refractivity contribution >= 4 is 27.3 Å². The molecule has 4 heteroatoms. The molecule has 2 unspecified atom stereocenters. The molecule has 1 aliphatic rings. The van der Waals surface area contributed by atoms with E-state index in [1.165, 1.54) is 17.7 Å². The van der Waals surface area contributed by atoms with Crippen molar-refractivity contribution in [1.82, 2.24) is 0 Å². The Morgan fingerprint density at radius 2 is 2.33 bits per heavy atom. The predicted molar refractivity (Wildman–Crippen MR) is 67.1 cm³/mol. The van der Waals surface area contributed by atoms with Crippen LogP contribution in [0.5, 0.6) is 0 Å². The van der Waals surface area contributed by atoms with E-state index >= 15 is 0 Å². The van der Waals surface area contributed by atoms with E-state index in [4.69, 9.17) is 10.5 Å². The SMILES string of the molecule is CC(N)C(OCC1CC1)c1ccc(Br)s1. The van der Waals surface area contributed by atoms with Crippen molar-refractivity contribution in [2.45, 2.75) is 31.9 Å². The van der Waals surface area contributed by atoms with E-state index in [-0.39, 0.29) is 12.1 Å². The zero-order valence-electron chi connectivity index (χ0n) is 8.78. The van der Waals surface area contributed by atoms with Gasteiger partial charge in [-0.3, -0.25) is 0 Å². The molecule has 1 heterocycles. The average molecular weight is 290 g/mol. The number of thiophene rings is 1. The van der Waals surface area contributed by atoms with Crippen molar-refractivity contribution in [3.05, 3.63) is 20.8 Å². The number of nitrogens with two attached hydrogens (primary N) is 1. The molecule has 15 heavy (non-hydrogen) atoms. The molecule has 0 radical (unpaired) electrons. The normalized spacial score (nSPS) is 20.2. The van der Waals surface area contributed by atoms with Crippen LogP contribution in [0.4, 0.5) is 0 Å². The fourth-order valence-corrected chi connectivity index (χ4v) is 3.09. The number of hydrogen-bond acceptors (Lipinski definition) is 3. The Balaban J connectivity index is 1.97. The first-order valence-corrected chi connectivity index (χ1v) is 6.90. The van der Waals surface area contributed by atoms with Crippen LogP contribution in [0.3, 0.4) is 0 Å². The zero-order valence-corrected chi connectivity index (χ0v) is 11.2. The van der Waals surface area contributed by atoms with Gasteiger partial charge in [0, 0.05) is 10.9 Å². The van der Waals surface area contributed by atoms with Gasteiger partial charge in [0.2, 0.25) is 0 Å². The molecule has 1 fully saturated rings. The molecule has 0 spiro atoms. The van der Waals surface area contributed by atoms with E-state index in [0.29, 0.717) is 0 Å². The summed E-state index contributed by atoms with van der Waals surface area (Å²) in [7, 11) is 0. The number of halogens is 1. The van der Waals surface area contributed by atoms with Crippen molar-refractivity contribution < 1.29 is 4.74 Å². The molecule has 2 atom stereocenters. The van der Waals surface area contributed by atoms with Crippen LogP contribution in [0.1, 0.15) is 30.7 Å². The molecule has 0 saturated heterocycles. The van der Waals surface area contributed by atoms with Crippen LogP contribution in [-0.2, 0) is 4.74 Å². The largest absolute Gasteiger partial charge is 0.371 e. The summed E-state index contributed by atoms with van der Waals surface area (Å²) in [6.45, 7) is 2.87. The second-order valence-corrected chi connectivity index (χ2v) is 6.69. The highest BCUT2D eigenvalue weighted by Gasteiger charge is 2.25. The number of ether oxygens (including phenoxy) is 1. The Bertz CT molecular complexity index is 322. The molecule has 1 aromatic rings. The maximum Gasteiger partial charge on any atom is 0.106 e. The first-order chi connectivity index (χ1) is 7.16. The molecule has 1 aromatic heterocycles. The smallest absolute Gasteiger partial charge is 0.106 e. The first-order valence-electron chi connectivity index (χ1n) is 5.29. The maximum absolute atomic E-state index is 5.95. The minimum absolute atomic E-state index is 0.0503. The van der Waals surface area contributed by atoms with Crippen LogP contribution in [0.2, 0.25) is 0 Å². The summed E-state index contributed by atoms with van der Waals surface area (Å²) < 4.78 is 7.03. The minimum atomic E-state index is 0.0503. The summed E-state index contributed by atoms with van der Waals surface area (Å²) in [5.74, 6) is 0.787. The minimum Gasteiger partial charge on any atom is -0.371 e. The third-order valence-corrected chi connectivity index (χ3v) is 4.25. The van der Waals surface area contributed by atoms with Gasteiger partial charge in [0.25, 0.3) is 0 Å². The quantitative estimate of drug-likeness (QED) is 0.902. The van der Waals surface area contributed by atoms with Gasteiger partial charge in [0.1, 0.15) is 6.10 Å². The third kappa shape index (κ3) is 3.28. The lowest BCUT2D eigenvalue weighted by molar-refractivity contribution is 0.0338. The monoisotopic (exact) mass is 289 g/mol. The summed E-state index contributed by atoms with van der Waals surface area (Å²) in [5, 5.41) is 0. The second-order valence-electron chi connectivity index (χ2n) is 4.20. The van der Waals surface area contributed by atoms with Gasteiger partial charge < -0.3 is 10.5 Å². The zero-order chi connectivity index (χ0) is 10.8. The molecule has 2 N–H and O–H groups in total. The van der Waals surface area contributed by atoms with Crippen LogP contribution in [0.15, 0.2) is 15.9 Å². The van der Waals surface area contributed by atoms with Crippen molar-refractivity contribution in [2.24, 2.45) is 11.7 Å². The van der Waals surface area contributed by atoms with Crippen LogP contribution >= 0.6 is 27.3 Å². The summed E-state index contributed by atoms with van der Waals surface area (Å²) in [6.07, 6.45) is 2.70. The standard InChI is InChI=1S/C11H16BrNOS/c1-7(13)11(14-6-8-2-3-8)9-4-5-10(12)15-9/h4-5,7-8,11H,2-3,6,13H2,1H3. The van der Waals surface area contributed by atoms with Crippen molar-refractivity contribution in [3.63, 3.8) is 0 Å². The van der Waals surface area contributed by atoms with Gasteiger partial charge in [-0.25, -0.2) is 0 Å². The van der Waals surface area contributed by atoms with Crippen LogP contribution < -0.4 is 5.73 Å². The molecular formula is C11H16BrNOS. The fraction of sp³-hybridized carbons (Fsp3) is 0.636. The molecule has 84 valence electrons. The van der Waals surface area contributed by atoms with E-state index in [0.717, 1.165) is 16.3 Å². The van der Waals surface area contributed by atoms with E-state index in [1.807, 2.05) is 6.92 Å². The van der Waals surface area contributed by atoms with E-state index in [1.54, 1.807) is 11.3 Å². The maximum atomic E-state index is 5.95. The summed E-state index contributed by atoms with van der Waals surface area (Å²) in [6, 6.07) is 4.19. The van der Waals surface area contributed by atoms with Gasteiger partial charge in [-0.05, 0) is 53.7 Å². The summed E-state index contributed by atoms with van der Waals surface area (Å²) >= 11 is 5.17. The Hall–Kier alpha value is 0.1000. The number of rotatable bonds is 5. The summed E-state index contributed by atoms with van der Waals surface area (Å²) in [5.41, 5.74) is 5.95. The van der Waals surface area contributed by atoms with Crippen molar-refractivity contribution in [3.8, 4) is 0 Å². The lowest BCUT2D eigenvalue weighted by Gasteiger charge is -2.20. The van der Waals surface area contributed by atoms with Gasteiger partial charge >= 0.3 is 0 Å². The first kappa shape index (κ1) is 11.6. The Labute approximate surface area is 103 Å². The van der Waals surface area contributed by atoms with Gasteiger partial charge in [-0.2, -0.15) is 0 Å². The molecule has 0 bridgehead atoms. The van der Waals surface area contributed by atoms with Crippen LogP contribution in [0, 0.1) is 5.92 Å². The van der Waals surface area contributed by atoms with E-state index in [9.17, 15) is 0 Å². The Morgan fingerprint density at radius 3 is 2.80 bits per heavy atom. The highest BCUT2D eigenvalue weighted by molar-refractivity contribution is 9.11. The lowest BCUT2D eigenvalue weighted by atomic mass is 10.1. The number of hydrogen-bond donors (Lipinski definition) is 1. The Kier molecular flexibility index (Phi) is 3.83.